The Labute approximate surface area is 93.1 Å². The van der Waals surface area contributed by atoms with Gasteiger partial charge in [-0.3, -0.25) is 0 Å². The van der Waals surface area contributed by atoms with Gasteiger partial charge in [0.05, 0.1) is 0 Å². The van der Waals surface area contributed by atoms with Crippen LogP contribution in [-0.2, 0) is 5.41 Å². The standard InChI is InChI=1S/C13H22N2/c1-5-6-9-14-12-8-7-11(10-15-12)13(2,3)4/h7-8,10H,5-6,9H2,1-4H3,(H,14,15). The molecule has 15 heavy (non-hydrogen) atoms. The molecule has 0 saturated heterocycles. The van der Waals surface area contributed by atoms with E-state index in [0.717, 1.165) is 12.4 Å². The van der Waals surface area contributed by atoms with E-state index >= 15 is 0 Å². The van der Waals surface area contributed by atoms with Gasteiger partial charge in [-0.2, -0.15) is 0 Å². The first-order chi connectivity index (χ1) is 7.04. The zero-order valence-corrected chi connectivity index (χ0v) is 10.3. The van der Waals surface area contributed by atoms with E-state index in [1.54, 1.807) is 0 Å². The average Bonchev–Trinajstić information content (AvgIpc) is 2.18. The Kier molecular flexibility index (Phi) is 4.13. The number of anilines is 1. The van der Waals surface area contributed by atoms with Crippen LogP contribution in [0.3, 0.4) is 0 Å². The van der Waals surface area contributed by atoms with Crippen LogP contribution < -0.4 is 5.32 Å². The first kappa shape index (κ1) is 12.0. The predicted octanol–water partition coefficient (Wildman–Crippen LogP) is 3.59. The summed E-state index contributed by atoms with van der Waals surface area (Å²) in [6, 6.07) is 4.22. The number of nitrogens with zero attached hydrogens (tertiary/aromatic N) is 1. The third-order valence-electron chi connectivity index (χ3n) is 2.47. The lowest BCUT2D eigenvalue weighted by atomic mass is 9.88. The van der Waals surface area contributed by atoms with Gasteiger partial charge in [-0.1, -0.05) is 40.2 Å². The highest BCUT2D eigenvalue weighted by atomic mass is 15.0. The highest BCUT2D eigenvalue weighted by Gasteiger charge is 2.13. The van der Waals surface area contributed by atoms with Gasteiger partial charge in [0.1, 0.15) is 5.82 Å². The summed E-state index contributed by atoms with van der Waals surface area (Å²) in [7, 11) is 0. The van der Waals surface area contributed by atoms with E-state index in [0.29, 0.717) is 0 Å². The van der Waals surface area contributed by atoms with Gasteiger partial charge in [0, 0.05) is 12.7 Å². The van der Waals surface area contributed by atoms with Crippen LogP contribution in [0.15, 0.2) is 18.3 Å². The van der Waals surface area contributed by atoms with Crippen LogP contribution in [0.1, 0.15) is 46.1 Å². The molecule has 0 aromatic carbocycles. The van der Waals surface area contributed by atoms with Crippen LogP contribution >= 0.6 is 0 Å². The molecule has 2 nitrogen and oxygen atoms in total. The lowest BCUT2D eigenvalue weighted by Gasteiger charge is -2.18. The SMILES string of the molecule is CCCCNc1ccc(C(C)(C)C)cn1. The molecular weight excluding hydrogens is 184 g/mol. The van der Waals surface area contributed by atoms with Gasteiger partial charge in [-0.15, -0.1) is 0 Å². The number of hydrogen-bond acceptors (Lipinski definition) is 2. The summed E-state index contributed by atoms with van der Waals surface area (Å²) < 4.78 is 0. The Morgan fingerprint density at radius 3 is 2.47 bits per heavy atom. The van der Waals surface area contributed by atoms with Crippen molar-refractivity contribution in [1.82, 2.24) is 4.98 Å². The fourth-order valence-corrected chi connectivity index (χ4v) is 1.34. The lowest BCUT2D eigenvalue weighted by molar-refractivity contribution is 0.587. The Balaban J connectivity index is 2.57. The molecule has 1 heterocycles. The van der Waals surface area contributed by atoms with Crippen molar-refractivity contribution in [1.29, 1.82) is 0 Å². The van der Waals surface area contributed by atoms with Crippen molar-refractivity contribution in [2.45, 2.75) is 46.0 Å². The molecule has 0 atom stereocenters. The molecule has 84 valence electrons. The second-order valence-electron chi connectivity index (χ2n) is 4.96. The number of hydrogen-bond donors (Lipinski definition) is 1. The van der Waals surface area contributed by atoms with Crippen molar-refractivity contribution < 1.29 is 0 Å². The normalized spacial score (nSPS) is 11.5. The predicted molar refractivity (Wildman–Crippen MR) is 66.3 cm³/mol. The van der Waals surface area contributed by atoms with E-state index in [1.165, 1.54) is 18.4 Å². The van der Waals surface area contributed by atoms with Crippen molar-refractivity contribution in [2.24, 2.45) is 0 Å². The first-order valence-electron chi connectivity index (χ1n) is 5.74. The molecule has 0 bridgehead atoms. The van der Waals surface area contributed by atoms with E-state index in [9.17, 15) is 0 Å². The van der Waals surface area contributed by atoms with Crippen molar-refractivity contribution in [3.05, 3.63) is 23.9 Å². The zero-order chi connectivity index (χ0) is 11.3. The van der Waals surface area contributed by atoms with Gasteiger partial charge in [-0.25, -0.2) is 4.98 Å². The molecular formula is C13H22N2. The Morgan fingerprint density at radius 1 is 1.27 bits per heavy atom. The third kappa shape index (κ3) is 3.90. The van der Waals surface area contributed by atoms with Crippen molar-refractivity contribution in [3.63, 3.8) is 0 Å². The highest BCUT2D eigenvalue weighted by molar-refractivity contribution is 5.36. The monoisotopic (exact) mass is 206 g/mol. The lowest BCUT2D eigenvalue weighted by Crippen LogP contribution is -2.12. The summed E-state index contributed by atoms with van der Waals surface area (Å²) in [4.78, 5) is 4.41. The Bertz CT molecular complexity index is 282. The molecule has 0 aliphatic heterocycles. The highest BCUT2D eigenvalue weighted by Crippen LogP contribution is 2.21. The number of unbranched alkanes of at least 4 members (excludes halogenated alkanes) is 1. The minimum absolute atomic E-state index is 0.189. The van der Waals surface area contributed by atoms with Gasteiger partial charge in [-0.05, 0) is 23.5 Å². The first-order valence-corrected chi connectivity index (χ1v) is 5.74. The second-order valence-corrected chi connectivity index (χ2v) is 4.96. The molecule has 1 rings (SSSR count). The molecule has 0 radical (unpaired) electrons. The fourth-order valence-electron chi connectivity index (χ4n) is 1.34. The van der Waals surface area contributed by atoms with Crippen molar-refractivity contribution in [3.8, 4) is 0 Å². The van der Waals surface area contributed by atoms with Gasteiger partial charge >= 0.3 is 0 Å². The summed E-state index contributed by atoms with van der Waals surface area (Å²) >= 11 is 0. The van der Waals surface area contributed by atoms with E-state index in [4.69, 9.17) is 0 Å². The van der Waals surface area contributed by atoms with Crippen LogP contribution in [0.2, 0.25) is 0 Å². The molecule has 1 aromatic heterocycles. The summed E-state index contributed by atoms with van der Waals surface area (Å²) in [6.07, 6.45) is 4.38. The Morgan fingerprint density at radius 2 is 2.00 bits per heavy atom. The van der Waals surface area contributed by atoms with E-state index in [2.05, 4.69) is 50.1 Å². The average molecular weight is 206 g/mol. The van der Waals surface area contributed by atoms with Gasteiger partial charge in [0.15, 0.2) is 0 Å². The number of nitrogens with one attached hydrogen (secondary N) is 1. The van der Waals surface area contributed by atoms with Crippen molar-refractivity contribution in [2.75, 3.05) is 11.9 Å². The van der Waals surface area contributed by atoms with Crippen LogP contribution in [0.25, 0.3) is 0 Å². The maximum absolute atomic E-state index is 4.41. The smallest absolute Gasteiger partial charge is 0.125 e. The number of pyridine rings is 1. The zero-order valence-electron chi connectivity index (χ0n) is 10.3. The maximum Gasteiger partial charge on any atom is 0.125 e. The maximum atomic E-state index is 4.41. The van der Waals surface area contributed by atoms with Crippen LogP contribution in [0.5, 0.6) is 0 Å². The fraction of sp³-hybridized carbons (Fsp3) is 0.615. The second kappa shape index (κ2) is 5.15. The van der Waals surface area contributed by atoms with Crippen molar-refractivity contribution >= 4 is 5.82 Å². The van der Waals surface area contributed by atoms with E-state index in [-0.39, 0.29) is 5.41 Å². The molecule has 0 saturated carbocycles. The minimum Gasteiger partial charge on any atom is -0.370 e. The molecule has 0 unspecified atom stereocenters. The van der Waals surface area contributed by atoms with E-state index in [1.807, 2.05) is 6.20 Å². The van der Waals surface area contributed by atoms with Crippen LogP contribution in [0, 0.1) is 0 Å². The summed E-state index contributed by atoms with van der Waals surface area (Å²) in [5, 5.41) is 3.31. The molecule has 0 spiro atoms. The number of rotatable bonds is 4. The molecule has 1 aromatic rings. The van der Waals surface area contributed by atoms with Crippen LogP contribution in [-0.4, -0.2) is 11.5 Å². The minimum atomic E-state index is 0.189. The van der Waals surface area contributed by atoms with Gasteiger partial charge < -0.3 is 5.32 Å². The van der Waals surface area contributed by atoms with Crippen LogP contribution in [0.4, 0.5) is 5.82 Å². The van der Waals surface area contributed by atoms with E-state index < -0.39 is 0 Å². The molecule has 0 aliphatic carbocycles. The largest absolute Gasteiger partial charge is 0.370 e. The summed E-state index contributed by atoms with van der Waals surface area (Å²) in [5.41, 5.74) is 1.47. The van der Waals surface area contributed by atoms with Gasteiger partial charge in [0.2, 0.25) is 0 Å². The number of aromatic nitrogens is 1. The molecule has 0 aliphatic rings. The molecule has 2 heteroatoms. The molecule has 0 fully saturated rings. The molecule has 1 N–H and O–H groups in total. The molecule has 0 amide bonds. The Hall–Kier alpha value is -1.05. The van der Waals surface area contributed by atoms with Gasteiger partial charge in [0.25, 0.3) is 0 Å². The summed E-state index contributed by atoms with van der Waals surface area (Å²) in [6.45, 7) is 9.81. The summed E-state index contributed by atoms with van der Waals surface area (Å²) in [5.74, 6) is 0.983. The quantitative estimate of drug-likeness (QED) is 0.761. The third-order valence-corrected chi connectivity index (χ3v) is 2.47. The topological polar surface area (TPSA) is 24.9 Å².